The molecule has 0 heterocycles. The minimum absolute atomic E-state index is 0.0272. The molecule has 22 heavy (non-hydrogen) atoms. The number of carbonyl (C=O) groups excluding carboxylic acids is 3. The summed E-state index contributed by atoms with van der Waals surface area (Å²) in [7, 11) is 1.20. The third-order valence-corrected chi connectivity index (χ3v) is 3.35. The third-order valence-electron chi connectivity index (χ3n) is 2.37. The summed E-state index contributed by atoms with van der Waals surface area (Å²) in [6.07, 6.45) is 0. The summed E-state index contributed by atoms with van der Waals surface area (Å²) in [6, 6.07) is 5.21. The molecule has 0 aliphatic carbocycles. The molecule has 1 unspecified atom stereocenters. The number of esters is 1. The molecule has 0 aromatic heterocycles. The minimum atomic E-state index is -0.905. The van der Waals surface area contributed by atoms with Gasteiger partial charge in [-0.15, -0.1) is 13.2 Å². The van der Waals surface area contributed by atoms with Gasteiger partial charge in [-0.2, -0.15) is 0 Å². The Labute approximate surface area is 133 Å². The summed E-state index contributed by atoms with van der Waals surface area (Å²) in [5.41, 5.74) is 0.156. The Kier molecular flexibility index (Phi) is 9.36. The predicted octanol–water partition coefficient (Wildman–Crippen LogP) is 1.75. The summed E-state index contributed by atoms with van der Waals surface area (Å²) < 4.78 is 4.55. The van der Waals surface area contributed by atoms with E-state index in [4.69, 9.17) is 0 Å². The van der Waals surface area contributed by atoms with Crippen molar-refractivity contribution in [3.05, 3.63) is 43.0 Å². The molecule has 1 aromatic carbocycles. The number of benzene rings is 1. The smallest absolute Gasteiger partial charge is 0.329 e. The topological polar surface area (TPSA) is 92.7 Å². The third kappa shape index (κ3) is 6.45. The van der Waals surface area contributed by atoms with E-state index in [-0.39, 0.29) is 22.2 Å². The van der Waals surface area contributed by atoms with Crippen LogP contribution in [0.15, 0.2) is 37.4 Å². The summed E-state index contributed by atoms with van der Waals surface area (Å²) in [6.45, 7) is 7.27. The second-order valence-corrected chi connectivity index (χ2v) is 4.88. The first-order chi connectivity index (χ1) is 10.5. The van der Waals surface area contributed by atoms with Gasteiger partial charge >= 0.3 is 5.97 Å². The minimum Gasteiger partial charge on any atom is -0.507 e. The Morgan fingerprint density at radius 1 is 1.32 bits per heavy atom. The van der Waals surface area contributed by atoms with Crippen molar-refractivity contribution in [2.24, 2.45) is 0 Å². The number of phenolic OH excluding ortho intramolecular Hbond substituents is 1. The molecule has 0 saturated heterocycles. The SMILES string of the molecule is C=C.COC(=O)C(CSC(=O)c1ccccc1O)NC(C)=O. The lowest BCUT2D eigenvalue weighted by Gasteiger charge is -2.14. The molecule has 0 aliphatic heterocycles. The predicted molar refractivity (Wildman–Crippen MR) is 85.8 cm³/mol. The Morgan fingerprint density at radius 2 is 1.91 bits per heavy atom. The maximum atomic E-state index is 11.9. The molecule has 1 atom stereocenters. The highest BCUT2D eigenvalue weighted by molar-refractivity contribution is 8.14. The maximum Gasteiger partial charge on any atom is 0.329 e. The van der Waals surface area contributed by atoms with Crippen molar-refractivity contribution in [2.75, 3.05) is 12.9 Å². The van der Waals surface area contributed by atoms with Crippen LogP contribution in [0, 0.1) is 0 Å². The number of hydrogen-bond acceptors (Lipinski definition) is 6. The van der Waals surface area contributed by atoms with Crippen LogP contribution < -0.4 is 5.32 Å². The second kappa shape index (κ2) is 10.4. The molecule has 0 radical (unpaired) electrons. The fourth-order valence-corrected chi connectivity index (χ4v) is 2.30. The molecule has 0 bridgehead atoms. The second-order valence-electron chi connectivity index (χ2n) is 3.89. The van der Waals surface area contributed by atoms with Gasteiger partial charge in [0.05, 0.1) is 12.7 Å². The van der Waals surface area contributed by atoms with Crippen LogP contribution in [0.25, 0.3) is 0 Å². The van der Waals surface area contributed by atoms with Gasteiger partial charge in [-0.3, -0.25) is 9.59 Å². The highest BCUT2D eigenvalue weighted by Crippen LogP contribution is 2.22. The molecular formula is C15H19NO5S. The number of ether oxygens (including phenoxy) is 1. The number of rotatable bonds is 5. The van der Waals surface area contributed by atoms with Crippen molar-refractivity contribution in [3.63, 3.8) is 0 Å². The molecule has 1 amide bonds. The molecule has 2 N–H and O–H groups in total. The highest BCUT2D eigenvalue weighted by Gasteiger charge is 2.22. The summed E-state index contributed by atoms with van der Waals surface area (Å²) >= 11 is 0.823. The van der Waals surface area contributed by atoms with Crippen molar-refractivity contribution in [1.82, 2.24) is 5.32 Å². The van der Waals surface area contributed by atoms with E-state index in [2.05, 4.69) is 23.2 Å². The number of phenols is 1. The molecule has 1 aromatic rings. The van der Waals surface area contributed by atoms with Gasteiger partial charge < -0.3 is 15.2 Å². The van der Waals surface area contributed by atoms with Crippen LogP contribution in [0.3, 0.4) is 0 Å². The van der Waals surface area contributed by atoms with Crippen molar-refractivity contribution in [1.29, 1.82) is 0 Å². The van der Waals surface area contributed by atoms with Gasteiger partial charge in [-0.1, -0.05) is 23.9 Å². The zero-order valence-electron chi connectivity index (χ0n) is 12.5. The number of amides is 1. The van der Waals surface area contributed by atoms with Gasteiger partial charge in [0.15, 0.2) is 0 Å². The Bertz CT molecular complexity index is 532. The first kappa shape index (κ1) is 19.7. The van der Waals surface area contributed by atoms with E-state index in [0.717, 1.165) is 11.8 Å². The van der Waals surface area contributed by atoms with Gasteiger partial charge in [-0.25, -0.2) is 4.79 Å². The molecule has 6 nitrogen and oxygen atoms in total. The summed E-state index contributed by atoms with van der Waals surface area (Å²) in [5.74, 6) is -1.12. The van der Waals surface area contributed by atoms with Crippen LogP contribution in [-0.2, 0) is 14.3 Å². The Hall–Kier alpha value is -2.28. The normalized spacial score (nSPS) is 10.6. The molecule has 7 heteroatoms. The van der Waals surface area contributed by atoms with Gasteiger partial charge in [-0.05, 0) is 12.1 Å². The van der Waals surface area contributed by atoms with E-state index >= 15 is 0 Å². The Balaban J connectivity index is 0.00000211. The van der Waals surface area contributed by atoms with E-state index in [9.17, 15) is 19.5 Å². The van der Waals surface area contributed by atoms with E-state index in [1.165, 1.54) is 26.2 Å². The van der Waals surface area contributed by atoms with Crippen LogP contribution >= 0.6 is 11.8 Å². The monoisotopic (exact) mass is 325 g/mol. The van der Waals surface area contributed by atoms with Crippen molar-refractivity contribution >= 4 is 28.8 Å². The number of thioether (sulfide) groups is 1. The maximum absolute atomic E-state index is 11.9. The van der Waals surface area contributed by atoms with Gasteiger partial charge in [0.2, 0.25) is 11.0 Å². The number of para-hydroxylation sites is 1. The van der Waals surface area contributed by atoms with E-state index in [1.807, 2.05) is 0 Å². The van der Waals surface area contributed by atoms with Gasteiger partial charge in [0.1, 0.15) is 11.8 Å². The van der Waals surface area contributed by atoms with E-state index < -0.39 is 17.9 Å². The number of hydrogen-bond donors (Lipinski definition) is 2. The molecule has 1 rings (SSSR count). The van der Waals surface area contributed by atoms with Gasteiger partial charge in [0.25, 0.3) is 0 Å². The fraction of sp³-hybridized carbons (Fsp3) is 0.267. The standard InChI is InChI=1S/C13H15NO5S.C2H4/c1-8(15)14-10(12(17)19-2)7-20-13(18)9-5-3-4-6-11(9)16;1-2/h3-6,10,16H,7H2,1-2H3,(H,14,15);1-2H2. The average Bonchev–Trinajstić information content (AvgIpc) is 2.52. The number of carbonyl (C=O) groups is 3. The van der Waals surface area contributed by atoms with Gasteiger partial charge in [0, 0.05) is 12.7 Å². The number of aromatic hydroxyl groups is 1. The molecule has 0 spiro atoms. The van der Waals surface area contributed by atoms with Crippen molar-refractivity contribution in [3.8, 4) is 5.75 Å². The zero-order chi connectivity index (χ0) is 17.1. The Morgan fingerprint density at radius 3 is 2.41 bits per heavy atom. The first-order valence-corrected chi connectivity index (χ1v) is 7.24. The van der Waals surface area contributed by atoms with Crippen LogP contribution in [0.2, 0.25) is 0 Å². The largest absolute Gasteiger partial charge is 0.507 e. The number of methoxy groups -OCH3 is 1. The zero-order valence-corrected chi connectivity index (χ0v) is 13.3. The lowest BCUT2D eigenvalue weighted by atomic mass is 10.2. The van der Waals surface area contributed by atoms with Crippen LogP contribution in [-0.4, -0.2) is 41.0 Å². The van der Waals surface area contributed by atoms with Crippen LogP contribution in [0.1, 0.15) is 17.3 Å². The molecular weight excluding hydrogens is 306 g/mol. The lowest BCUT2D eigenvalue weighted by molar-refractivity contribution is -0.144. The van der Waals surface area contributed by atoms with Crippen molar-refractivity contribution < 1.29 is 24.2 Å². The molecule has 0 fully saturated rings. The van der Waals surface area contributed by atoms with Crippen LogP contribution in [0.5, 0.6) is 5.75 Å². The highest BCUT2D eigenvalue weighted by atomic mass is 32.2. The average molecular weight is 325 g/mol. The quantitative estimate of drug-likeness (QED) is 0.633. The van der Waals surface area contributed by atoms with Crippen molar-refractivity contribution in [2.45, 2.75) is 13.0 Å². The summed E-state index contributed by atoms with van der Waals surface area (Å²) in [4.78, 5) is 34.3. The molecule has 0 aliphatic rings. The lowest BCUT2D eigenvalue weighted by Crippen LogP contribution is -2.42. The number of nitrogens with one attached hydrogen (secondary N) is 1. The molecule has 120 valence electrons. The van der Waals surface area contributed by atoms with E-state index in [1.54, 1.807) is 12.1 Å². The fourth-order valence-electron chi connectivity index (χ4n) is 1.44. The first-order valence-electron chi connectivity index (χ1n) is 6.25. The molecule has 0 saturated carbocycles. The summed E-state index contributed by atoms with van der Waals surface area (Å²) in [5, 5.41) is 11.6. The van der Waals surface area contributed by atoms with Crippen LogP contribution in [0.4, 0.5) is 0 Å². The van der Waals surface area contributed by atoms with E-state index in [0.29, 0.717) is 0 Å².